The summed E-state index contributed by atoms with van der Waals surface area (Å²) >= 11 is 0. The summed E-state index contributed by atoms with van der Waals surface area (Å²) in [4.78, 5) is 13.1. The summed E-state index contributed by atoms with van der Waals surface area (Å²) in [5, 5.41) is 49.2. The number of phenols is 1. The Morgan fingerprint density at radius 3 is 2.59 bits per heavy atom. The summed E-state index contributed by atoms with van der Waals surface area (Å²) in [5.74, 6) is -0.0857. The highest BCUT2D eigenvalue weighted by Crippen LogP contribution is 2.39. The van der Waals surface area contributed by atoms with Crippen molar-refractivity contribution >= 4 is 11.4 Å². The van der Waals surface area contributed by atoms with E-state index in [1.807, 2.05) is 0 Å². The number of Topliss-reactive ketones (excluding diaryl/α,β-unsaturated/α-hetero) is 1. The Bertz CT molecular complexity index is 868. The van der Waals surface area contributed by atoms with E-state index in [-0.39, 0.29) is 11.5 Å². The number of methoxy groups -OCH3 is 1. The third-order valence-corrected chi connectivity index (χ3v) is 6.32. The minimum absolute atomic E-state index is 0.0215. The number of aliphatic hydroxyl groups is 4. The second kappa shape index (κ2) is 9.34. The molecule has 176 valence electrons. The number of aliphatic hydroxyl groups excluding tert-OH is 4. The molecule has 1 saturated carbocycles. The maximum absolute atomic E-state index is 13.1. The van der Waals surface area contributed by atoms with E-state index in [4.69, 9.17) is 18.9 Å². The van der Waals surface area contributed by atoms with Crippen LogP contribution in [0.5, 0.6) is 11.5 Å². The lowest BCUT2D eigenvalue weighted by Crippen LogP contribution is -2.60. The molecule has 2 fully saturated rings. The van der Waals surface area contributed by atoms with Crippen molar-refractivity contribution in [3.63, 3.8) is 0 Å². The summed E-state index contributed by atoms with van der Waals surface area (Å²) in [7, 11) is 1.47. The van der Waals surface area contributed by atoms with Crippen molar-refractivity contribution in [2.24, 2.45) is 5.92 Å². The summed E-state index contributed by atoms with van der Waals surface area (Å²) < 4.78 is 22.2. The first-order chi connectivity index (χ1) is 15.3. The van der Waals surface area contributed by atoms with Gasteiger partial charge in [-0.05, 0) is 30.5 Å². The second-order valence-electron chi connectivity index (χ2n) is 8.36. The number of hydrogen-bond donors (Lipinski definition) is 5. The standard InChI is InChI=1S/C22H28O10/c1-29-13-5-10(4-11(24)6-13)15-9-30-16-7-12(2-3-14(16)18(15)25)31-22-21(28)20(27)19(26)17(8-23)32-22/h4-6,9,12,14,16-17,19-24,26-28H,2-3,7-8H2,1H3/t12?,14?,16?,17-,19-,20+,21-,22-/m1/s1. The van der Waals surface area contributed by atoms with E-state index in [0.29, 0.717) is 36.1 Å². The fourth-order valence-electron chi connectivity index (χ4n) is 4.52. The van der Waals surface area contributed by atoms with Crippen LogP contribution < -0.4 is 4.74 Å². The van der Waals surface area contributed by atoms with Crippen LogP contribution in [0.2, 0.25) is 0 Å². The maximum atomic E-state index is 13.1. The summed E-state index contributed by atoms with van der Waals surface area (Å²) in [6.07, 6.45) is -4.87. The van der Waals surface area contributed by atoms with Crippen LogP contribution >= 0.6 is 0 Å². The maximum Gasteiger partial charge on any atom is 0.186 e. The summed E-state index contributed by atoms with van der Waals surface area (Å²) in [5.41, 5.74) is 0.860. The van der Waals surface area contributed by atoms with Crippen LogP contribution in [0.25, 0.3) is 5.57 Å². The molecule has 1 aliphatic carbocycles. The Hall–Kier alpha value is -2.21. The zero-order valence-corrected chi connectivity index (χ0v) is 17.5. The average Bonchev–Trinajstić information content (AvgIpc) is 2.79. The minimum atomic E-state index is -1.51. The van der Waals surface area contributed by atoms with Crippen molar-refractivity contribution in [3.05, 3.63) is 30.0 Å². The van der Waals surface area contributed by atoms with Crippen molar-refractivity contribution < 1.29 is 49.3 Å². The Morgan fingerprint density at radius 2 is 1.88 bits per heavy atom. The van der Waals surface area contributed by atoms with Crippen LogP contribution in [0, 0.1) is 5.92 Å². The first-order valence-corrected chi connectivity index (χ1v) is 10.6. The van der Waals surface area contributed by atoms with Gasteiger partial charge in [0.2, 0.25) is 0 Å². The van der Waals surface area contributed by atoms with E-state index in [1.54, 1.807) is 6.07 Å². The van der Waals surface area contributed by atoms with E-state index in [2.05, 4.69) is 0 Å². The number of carbonyl (C=O) groups excluding carboxylic acids is 1. The number of phenolic OH excluding ortho intramolecular Hbond substituents is 1. The molecule has 5 N–H and O–H groups in total. The highest BCUT2D eigenvalue weighted by Gasteiger charge is 2.47. The van der Waals surface area contributed by atoms with Gasteiger partial charge in [-0.1, -0.05) is 0 Å². The molecule has 2 aliphatic heterocycles. The Labute approximate surface area is 184 Å². The molecule has 0 spiro atoms. The lowest BCUT2D eigenvalue weighted by Gasteiger charge is -2.43. The van der Waals surface area contributed by atoms with Gasteiger partial charge >= 0.3 is 0 Å². The molecule has 4 rings (SSSR count). The number of fused-ring (bicyclic) bond motifs is 1. The van der Waals surface area contributed by atoms with Gasteiger partial charge in [-0.3, -0.25) is 4.79 Å². The zero-order chi connectivity index (χ0) is 23.0. The highest BCUT2D eigenvalue weighted by molar-refractivity contribution is 6.22. The van der Waals surface area contributed by atoms with Gasteiger partial charge in [0.25, 0.3) is 0 Å². The molecule has 3 aliphatic rings. The van der Waals surface area contributed by atoms with Gasteiger partial charge < -0.3 is 44.5 Å². The number of ether oxygens (including phenoxy) is 4. The van der Waals surface area contributed by atoms with Crippen LogP contribution in [0.15, 0.2) is 24.5 Å². The van der Waals surface area contributed by atoms with Crippen molar-refractivity contribution in [1.29, 1.82) is 0 Å². The quantitative estimate of drug-likeness (QED) is 0.402. The van der Waals surface area contributed by atoms with E-state index in [0.717, 1.165) is 0 Å². The number of benzene rings is 1. The monoisotopic (exact) mass is 452 g/mol. The Balaban J connectivity index is 1.44. The Kier molecular flexibility index (Phi) is 6.70. The minimum Gasteiger partial charge on any atom is -0.508 e. The van der Waals surface area contributed by atoms with Gasteiger partial charge in [0, 0.05) is 12.5 Å². The molecule has 3 unspecified atom stereocenters. The highest BCUT2D eigenvalue weighted by atomic mass is 16.7. The van der Waals surface area contributed by atoms with Crippen molar-refractivity contribution in [2.75, 3.05) is 13.7 Å². The van der Waals surface area contributed by atoms with E-state index in [1.165, 1.54) is 25.5 Å². The molecule has 0 aromatic heterocycles. The number of rotatable bonds is 5. The molecule has 1 aromatic carbocycles. The number of hydrogen-bond acceptors (Lipinski definition) is 10. The summed E-state index contributed by atoms with van der Waals surface area (Å²) in [6.45, 7) is -0.537. The van der Waals surface area contributed by atoms with Crippen molar-refractivity contribution in [2.45, 2.75) is 62.2 Å². The van der Waals surface area contributed by atoms with Crippen LogP contribution in [0.1, 0.15) is 24.8 Å². The average molecular weight is 452 g/mol. The number of carbonyl (C=O) groups is 1. The zero-order valence-electron chi connectivity index (χ0n) is 17.5. The van der Waals surface area contributed by atoms with Gasteiger partial charge in [-0.2, -0.15) is 0 Å². The first-order valence-electron chi connectivity index (χ1n) is 10.6. The molecule has 0 radical (unpaired) electrons. The molecule has 0 bridgehead atoms. The lowest BCUT2D eigenvalue weighted by atomic mass is 9.77. The van der Waals surface area contributed by atoms with Crippen molar-refractivity contribution in [3.8, 4) is 11.5 Å². The number of aromatic hydroxyl groups is 1. The van der Waals surface area contributed by atoms with Crippen molar-refractivity contribution in [1.82, 2.24) is 0 Å². The predicted molar refractivity (Wildman–Crippen MR) is 108 cm³/mol. The molecule has 1 aromatic rings. The lowest BCUT2D eigenvalue weighted by molar-refractivity contribution is -0.314. The largest absolute Gasteiger partial charge is 0.508 e. The SMILES string of the molecule is COc1cc(O)cc(C2=COC3CC(O[C@@H]4O[C@H](CO)[C@@H](O)[C@H](O)[C@H]4O)CCC3C2=O)c1. The van der Waals surface area contributed by atoms with Crippen LogP contribution in [0.3, 0.4) is 0 Å². The normalized spacial score (nSPS) is 37.3. The molecular weight excluding hydrogens is 424 g/mol. The van der Waals surface area contributed by atoms with E-state index < -0.39 is 55.4 Å². The van der Waals surface area contributed by atoms with Gasteiger partial charge in [0.1, 0.15) is 42.0 Å². The van der Waals surface area contributed by atoms with Gasteiger partial charge in [-0.15, -0.1) is 0 Å². The molecule has 1 saturated heterocycles. The van der Waals surface area contributed by atoms with Gasteiger partial charge in [-0.25, -0.2) is 0 Å². The molecule has 2 heterocycles. The third-order valence-electron chi connectivity index (χ3n) is 6.32. The Morgan fingerprint density at radius 1 is 1.09 bits per heavy atom. The van der Waals surface area contributed by atoms with E-state index >= 15 is 0 Å². The first kappa shape index (κ1) is 23.0. The van der Waals surface area contributed by atoms with Gasteiger partial charge in [0.15, 0.2) is 12.1 Å². The number of ketones is 1. The smallest absolute Gasteiger partial charge is 0.186 e. The summed E-state index contributed by atoms with van der Waals surface area (Å²) in [6, 6.07) is 4.58. The topological polar surface area (TPSA) is 155 Å². The van der Waals surface area contributed by atoms with Crippen LogP contribution in [-0.4, -0.2) is 87.9 Å². The molecular formula is C22H28O10. The number of allylic oxidation sites excluding steroid dienone is 1. The molecule has 8 atom stereocenters. The molecule has 0 amide bonds. The second-order valence-corrected chi connectivity index (χ2v) is 8.36. The van der Waals surface area contributed by atoms with Gasteiger partial charge in [0.05, 0.1) is 37.6 Å². The molecule has 10 nitrogen and oxygen atoms in total. The van der Waals surface area contributed by atoms with Crippen LogP contribution in [0.4, 0.5) is 0 Å². The third kappa shape index (κ3) is 4.34. The fourth-order valence-corrected chi connectivity index (χ4v) is 4.52. The predicted octanol–water partition coefficient (Wildman–Crippen LogP) is -0.305. The fraction of sp³-hybridized carbons (Fsp3) is 0.591. The van der Waals surface area contributed by atoms with Crippen LogP contribution in [-0.2, 0) is 19.0 Å². The van der Waals surface area contributed by atoms with E-state index in [9.17, 15) is 30.3 Å². The molecule has 32 heavy (non-hydrogen) atoms. The molecule has 10 heteroatoms.